The van der Waals surface area contributed by atoms with E-state index in [1.54, 1.807) is 6.08 Å². The second-order valence-corrected chi connectivity index (χ2v) is 8.78. The van der Waals surface area contributed by atoms with E-state index >= 15 is 0 Å². The van der Waals surface area contributed by atoms with Crippen molar-refractivity contribution in [2.24, 2.45) is 0 Å². The molecular weight excluding hydrogens is 428 g/mol. The van der Waals surface area contributed by atoms with Gasteiger partial charge in [0.05, 0.1) is 0 Å². The van der Waals surface area contributed by atoms with Gasteiger partial charge in [-0.25, -0.2) is 9.59 Å². The number of hydrogen-bond acceptors (Lipinski definition) is 3. The number of carboxylic acids is 1. The Kier molecular flexibility index (Phi) is 7.13. The lowest BCUT2D eigenvalue weighted by Crippen LogP contribution is -2.59. The van der Waals surface area contributed by atoms with E-state index in [1.165, 1.54) is 0 Å². The summed E-state index contributed by atoms with van der Waals surface area (Å²) in [6.07, 6.45) is 6.68. The van der Waals surface area contributed by atoms with Gasteiger partial charge in [0.25, 0.3) is 0 Å². The van der Waals surface area contributed by atoms with E-state index in [2.05, 4.69) is 24.1 Å². The van der Waals surface area contributed by atoms with Crippen molar-refractivity contribution in [1.82, 2.24) is 14.4 Å². The molecule has 4 rings (SSSR count). The first-order chi connectivity index (χ1) is 16.4. The summed E-state index contributed by atoms with van der Waals surface area (Å²) in [5.74, 6) is -0.956. The van der Waals surface area contributed by atoms with E-state index in [4.69, 9.17) is 5.11 Å². The van der Waals surface area contributed by atoms with Crippen LogP contribution in [-0.4, -0.2) is 56.6 Å². The van der Waals surface area contributed by atoms with Crippen LogP contribution in [0.25, 0.3) is 11.8 Å². The third-order valence-corrected chi connectivity index (χ3v) is 6.03. The summed E-state index contributed by atoms with van der Waals surface area (Å²) in [5.41, 5.74) is 3.79. The van der Waals surface area contributed by atoms with E-state index < -0.39 is 5.97 Å². The molecule has 2 aromatic carbocycles. The maximum Gasteiger partial charge on any atom is 0.328 e. The molecule has 3 aromatic rings. The Balaban J connectivity index is 1.36. The number of piperazine rings is 1. The van der Waals surface area contributed by atoms with Crippen LogP contribution in [0.5, 0.6) is 0 Å². The molecule has 0 bridgehead atoms. The van der Waals surface area contributed by atoms with Crippen LogP contribution in [0.4, 0.5) is 10.5 Å². The van der Waals surface area contributed by atoms with Crippen molar-refractivity contribution in [2.45, 2.75) is 32.5 Å². The minimum Gasteiger partial charge on any atom is -0.478 e. The number of hydrogen-bond donors (Lipinski definition) is 2. The fourth-order valence-electron chi connectivity index (χ4n) is 4.56. The Hall–Kier alpha value is -3.84. The van der Waals surface area contributed by atoms with Crippen molar-refractivity contribution < 1.29 is 14.7 Å². The molecule has 7 nitrogen and oxygen atoms in total. The number of nitrogens with zero attached hydrogens (tertiary/aromatic N) is 3. The van der Waals surface area contributed by atoms with Gasteiger partial charge in [-0.1, -0.05) is 30.3 Å². The average Bonchev–Trinajstić information content (AvgIpc) is 3.33. The van der Waals surface area contributed by atoms with Gasteiger partial charge in [0.2, 0.25) is 0 Å². The quantitative estimate of drug-likeness (QED) is 0.525. The molecule has 0 unspecified atom stereocenters. The number of carbonyl (C=O) groups excluding carboxylic acids is 1. The molecule has 2 N–H and O–H groups in total. The summed E-state index contributed by atoms with van der Waals surface area (Å²) in [4.78, 5) is 28.1. The minimum absolute atomic E-state index is 0.0640. The van der Waals surface area contributed by atoms with Gasteiger partial charge in [-0.3, -0.25) is 4.90 Å². The highest BCUT2D eigenvalue weighted by Crippen LogP contribution is 2.21. The standard InChI is InChI=1S/C27H30N4O3/c1-20-17-29(19-23-10-8-22(9-11-23)12-13-26(32)33)18-21(2)31(20)27(34)28-24-6-5-7-25(16-24)30-14-3-4-15-30/h3-16,20-21H,17-19H2,1-2H3,(H,28,34)(H,32,33)/t20-,21+. The van der Waals surface area contributed by atoms with Crippen LogP contribution in [0.3, 0.4) is 0 Å². The second kappa shape index (κ2) is 10.4. The predicted octanol–water partition coefficient (Wildman–Crippen LogP) is 4.70. The number of rotatable bonds is 6. The molecule has 2 amide bonds. The summed E-state index contributed by atoms with van der Waals surface area (Å²) >= 11 is 0. The molecule has 2 heterocycles. The number of urea groups is 1. The number of benzene rings is 2. The molecule has 0 radical (unpaired) electrons. The molecule has 1 aromatic heterocycles. The minimum atomic E-state index is -0.956. The number of aliphatic carboxylic acids is 1. The first-order valence-corrected chi connectivity index (χ1v) is 11.4. The van der Waals surface area contributed by atoms with Crippen LogP contribution >= 0.6 is 0 Å². The third kappa shape index (κ3) is 5.74. The molecular formula is C27H30N4O3. The number of carboxylic acid groups (broad SMARTS) is 1. The zero-order valence-corrected chi connectivity index (χ0v) is 19.5. The van der Waals surface area contributed by atoms with Gasteiger partial charge in [-0.2, -0.15) is 0 Å². The fourth-order valence-corrected chi connectivity index (χ4v) is 4.56. The highest BCUT2D eigenvalue weighted by atomic mass is 16.4. The maximum atomic E-state index is 13.1. The van der Waals surface area contributed by atoms with E-state index in [1.807, 2.05) is 82.5 Å². The molecule has 7 heteroatoms. The molecule has 1 saturated heterocycles. The molecule has 1 aliphatic heterocycles. The number of amides is 2. The van der Waals surface area contributed by atoms with E-state index in [-0.39, 0.29) is 18.1 Å². The van der Waals surface area contributed by atoms with Gasteiger partial charge in [0.15, 0.2) is 0 Å². The average molecular weight is 459 g/mol. The lowest BCUT2D eigenvalue weighted by atomic mass is 10.1. The first kappa shape index (κ1) is 23.3. The van der Waals surface area contributed by atoms with Crippen LogP contribution < -0.4 is 5.32 Å². The zero-order valence-electron chi connectivity index (χ0n) is 19.5. The summed E-state index contributed by atoms with van der Waals surface area (Å²) in [5, 5.41) is 11.8. The van der Waals surface area contributed by atoms with Crippen molar-refractivity contribution in [2.75, 3.05) is 18.4 Å². The molecule has 1 fully saturated rings. The summed E-state index contributed by atoms with van der Waals surface area (Å²) in [6, 6.07) is 19.7. The van der Waals surface area contributed by atoms with Crippen LogP contribution in [0, 0.1) is 0 Å². The number of aromatic nitrogens is 1. The van der Waals surface area contributed by atoms with Crippen LogP contribution in [0.2, 0.25) is 0 Å². The lowest BCUT2D eigenvalue weighted by Gasteiger charge is -2.44. The van der Waals surface area contributed by atoms with Gasteiger partial charge in [0.1, 0.15) is 0 Å². The molecule has 2 atom stereocenters. The number of carbonyl (C=O) groups is 2. The SMILES string of the molecule is C[C@@H]1CN(Cc2ccc(C=CC(=O)O)cc2)C[C@H](C)N1C(=O)Nc1cccc(-n2cccc2)c1. The Morgan fingerprint density at radius 2 is 1.68 bits per heavy atom. The molecule has 0 spiro atoms. The Morgan fingerprint density at radius 1 is 1.00 bits per heavy atom. The normalized spacial score (nSPS) is 18.8. The molecule has 1 aliphatic rings. The topological polar surface area (TPSA) is 77.8 Å². The van der Waals surface area contributed by atoms with Crippen molar-refractivity contribution in [3.05, 3.63) is 90.3 Å². The Morgan fingerprint density at radius 3 is 2.32 bits per heavy atom. The van der Waals surface area contributed by atoms with Crippen LogP contribution in [-0.2, 0) is 11.3 Å². The summed E-state index contributed by atoms with van der Waals surface area (Å²) in [6.45, 7) is 6.51. The zero-order chi connectivity index (χ0) is 24.1. The van der Waals surface area contributed by atoms with Crippen molar-refractivity contribution in [3.63, 3.8) is 0 Å². The molecule has 34 heavy (non-hydrogen) atoms. The van der Waals surface area contributed by atoms with Crippen LogP contribution in [0.15, 0.2) is 79.1 Å². The van der Waals surface area contributed by atoms with Gasteiger partial charge in [-0.05, 0) is 61.4 Å². The highest BCUT2D eigenvalue weighted by Gasteiger charge is 2.32. The Labute approximate surface area is 199 Å². The largest absolute Gasteiger partial charge is 0.478 e. The molecule has 176 valence electrons. The summed E-state index contributed by atoms with van der Waals surface area (Å²) in [7, 11) is 0. The number of nitrogens with one attached hydrogen (secondary N) is 1. The van der Waals surface area contributed by atoms with Gasteiger partial charge >= 0.3 is 12.0 Å². The first-order valence-electron chi connectivity index (χ1n) is 11.4. The van der Waals surface area contributed by atoms with Gasteiger partial charge < -0.3 is 19.9 Å². The van der Waals surface area contributed by atoms with Crippen molar-refractivity contribution in [3.8, 4) is 5.69 Å². The monoisotopic (exact) mass is 458 g/mol. The maximum absolute atomic E-state index is 13.1. The third-order valence-electron chi connectivity index (χ3n) is 6.03. The lowest BCUT2D eigenvalue weighted by molar-refractivity contribution is -0.131. The highest BCUT2D eigenvalue weighted by molar-refractivity contribution is 5.90. The van der Waals surface area contributed by atoms with Gasteiger partial charge in [0, 0.05) is 61.6 Å². The van der Waals surface area contributed by atoms with Gasteiger partial charge in [-0.15, -0.1) is 0 Å². The molecule has 0 aliphatic carbocycles. The van der Waals surface area contributed by atoms with Crippen LogP contribution in [0.1, 0.15) is 25.0 Å². The fraction of sp³-hybridized carbons (Fsp3) is 0.259. The van der Waals surface area contributed by atoms with E-state index in [0.29, 0.717) is 0 Å². The van der Waals surface area contributed by atoms with Crippen molar-refractivity contribution in [1.29, 1.82) is 0 Å². The van der Waals surface area contributed by atoms with E-state index in [0.717, 1.165) is 48.2 Å². The molecule has 0 saturated carbocycles. The predicted molar refractivity (Wildman–Crippen MR) is 134 cm³/mol. The smallest absolute Gasteiger partial charge is 0.328 e. The summed E-state index contributed by atoms with van der Waals surface area (Å²) < 4.78 is 2.01. The Bertz CT molecular complexity index is 1140. The van der Waals surface area contributed by atoms with Crippen molar-refractivity contribution >= 4 is 23.8 Å². The van der Waals surface area contributed by atoms with E-state index in [9.17, 15) is 9.59 Å². The number of anilines is 1. The second-order valence-electron chi connectivity index (χ2n) is 8.78.